The fourth-order valence-electron chi connectivity index (χ4n) is 2.75. The first-order chi connectivity index (χ1) is 9.56. The van der Waals surface area contributed by atoms with Gasteiger partial charge < -0.3 is 14.8 Å². The summed E-state index contributed by atoms with van der Waals surface area (Å²) < 4.78 is 13.3. The molecule has 1 aromatic carbocycles. The van der Waals surface area contributed by atoms with Crippen LogP contribution in [0.2, 0.25) is 0 Å². The number of hydrogen-bond acceptors (Lipinski definition) is 2. The molecule has 0 unspecified atom stereocenters. The average Bonchev–Trinajstić information content (AvgIpc) is 2.73. The molecule has 2 heterocycles. The molecule has 20 heavy (non-hydrogen) atoms. The van der Waals surface area contributed by atoms with E-state index in [2.05, 4.69) is 16.9 Å². The molecular weight excluding hydrogens is 257 g/mol. The molecule has 2 aromatic rings. The topological polar surface area (TPSA) is 39.3 Å². The van der Waals surface area contributed by atoms with Crippen molar-refractivity contribution in [3.8, 4) is 0 Å². The molecule has 1 amide bonds. The number of H-pyrrole nitrogens is 1. The lowest BCUT2D eigenvalue weighted by atomic mass is 10.1. The van der Waals surface area contributed by atoms with E-state index in [9.17, 15) is 9.18 Å². The Morgan fingerprint density at radius 1 is 1.25 bits per heavy atom. The monoisotopic (exact) mass is 275 g/mol. The normalized spacial score (nSPS) is 16.9. The lowest BCUT2D eigenvalue weighted by Gasteiger charge is -2.32. The fraction of sp³-hybridized carbons (Fsp3) is 0.400. The van der Waals surface area contributed by atoms with Crippen molar-refractivity contribution in [1.29, 1.82) is 0 Å². The molecule has 3 rings (SSSR count). The Kier molecular flexibility index (Phi) is 3.22. The molecule has 1 aliphatic rings. The highest BCUT2D eigenvalue weighted by molar-refractivity contribution is 6.08. The number of fused-ring (bicyclic) bond motifs is 1. The maximum absolute atomic E-state index is 13.3. The highest BCUT2D eigenvalue weighted by Crippen LogP contribution is 2.24. The van der Waals surface area contributed by atoms with E-state index in [1.807, 2.05) is 11.8 Å². The highest BCUT2D eigenvalue weighted by Gasteiger charge is 2.24. The Bertz CT molecular complexity index is 656. The van der Waals surface area contributed by atoms with E-state index in [0.29, 0.717) is 11.1 Å². The van der Waals surface area contributed by atoms with Crippen LogP contribution in [0.15, 0.2) is 18.2 Å². The summed E-state index contributed by atoms with van der Waals surface area (Å²) in [6.45, 7) is 5.12. The summed E-state index contributed by atoms with van der Waals surface area (Å²) >= 11 is 0. The molecule has 106 valence electrons. The summed E-state index contributed by atoms with van der Waals surface area (Å²) in [5.74, 6) is -0.259. The number of aryl methyl sites for hydroxylation is 1. The van der Waals surface area contributed by atoms with E-state index in [-0.39, 0.29) is 11.7 Å². The first-order valence-electron chi connectivity index (χ1n) is 6.82. The van der Waals surface area contributed by atoms with Crippen LogP contribution in [-0.4, -0.2) is 53.9 Å². The minimum atomic E-state index is -0.294. The Morgan fingerprint density at radius 3 is 2.65 bits per heavy atom. The van der Waals surface area contributed by atoms with E-state index in [1.54, 1.807) is 6.07 Å². The lowest BCUT2D eigenvalue weighted by molar-refractivity contribution is 0.0665. The number of piperazine rings is 1. The van der Waals surface area contributed by atoms with Gasteiger partial charge in [-0.1, -0.05) is 0 Å². The van der Waals surface area contributed by atoms with Crippen molar-refractivity contribution in [2.24, 2.45) is 0 Å². The van der Waals surface area contributed by atoms with E-state index in [1.165, 1.54) is 12.1 Å². The summed E-state index contributed by atoms with van der Waals surface area (Å²) in [6, 6.07) is 4.51. The Morgan fingerprint density at radius 2 is 1.95 bits per heavy atom. The summed E-state index contributed by atoms with van der Waals surface area (Å²) in [6.07, 6.45) is 0. The quantitative estimate of drug-likeness (QED) is 0.864. The molecule has 1 aliphatic heterocycles. The van der Waals surface area contributed by atoms with Gasteiger partial charge in [0.05, 0.1) is 5.56 Å². The number of likely N-dealkylation sites (N-methyl/N-ethyl adjacent to an activating group) is 1. The van der Waals surface area contributed by atoms with Crippen LogP contribution in [0.25, 0.3) is 10.9 Å². The molecule has 1 fully saturated rings. The molecule has 4 nitrogen and oxygen atoms in total. The van der Waals surface area contributed by atoms with E-state index in [4.69, 9.17) is 0 Å². The predicted molar refractivity (Wildman–Crippen MR) is 76.4 cm³/mol. The van der Waals surface area contributed by atoms with Crippen molar-refractivity contribution in [1.82, 2.24) is 14.8 Å². The zero-order chi connectivity index (χ0) is 14.3. The molecule has 0 bridgehead atoms. The summed E-state index contributed by atoms with van der Waals surface area (Å²) in [7, 11) is 2.06. The Labute approximate surface area is 117 Å². The number of rotatable bonds is 1. The van der Waals surface area contributed by atoms with Crippen molar-refractivity contribution >= 4 is 16.8 Å². The molecular formula is C15H18FN3O. The second kappa shape index (κ2) is 4.90. The van der Waals surface area contributed by atoms with Crippen LogP contribution in [0.1, 0.15) is 16.1 Å². The third kappa shape index (κ3) is 2.18. The Balaban J connectivity index is 1.97. The molecule has 1 N–H and O–H groups in total. The summed E-state index contributed by atoms with van der Waals surface area (Å²) in [4.78, 5) is 19.9. The van der Waals surface area contributed by atoms with Gasteiger partial charge in [0.25, 0.3) is 5.91 Å². The van der Waals surface area contributed by atoms with Crippen LogP contribution in [-0.2, 0) is 0 Å². The highest BCUT2D eigenvalue weighted by atomic mass is 19.1. The largest absolute Gasteiger partial charge is 0.358 e. The molecule has 1 saturated heterocycles. The van der Waals surface area contributed by atoms with Gasteiger partial charge in [0.1, 0.15) is 5.82 Å². The van der Waals surface area contributed by atoms with Gasteiger partial charge >= 0.3 is 0 Å². The van der Waals surface area contributed by atoms with E-state index >= 15 is 0 Å². The number of carbonyl (C=O) groups is 1. The van der Waals surface area contributed by atoms with Gasteiger partial charge in [0, 0.05) is 42.8 Å². The van der Waals surface area contributed by atoms with Crippen LogP contribution in [0.4, 0.5) is 4.39 Å². The standard InChI is InChI=1S/C15H18FN3O/c1-10-14(12-4-3-11(16)9-13(12)17-10)15(20)19-7-5-18(2)6-8-19/h3-4,9,17H,5-8H2,1-2H3. The number of halogens is 1. The molecule has 1 aromatic heterocycles. The van der Waals surface area contributed by atoms with Gasteiger partial charge in [-0.15, -0.1) is 0 Å². The number of nitrogens with one attached hydrogen (secondary N) is 1. The maximum atomic E-state index is 13.3. The summed E-state index contributed by atoms with van der Waals surface area (Å²) in [5.41, 5.74) is 2.15. The van der Waals surface area contributed by atoms with Crippen molar-refractivity contribution < 1.29 is 9.18 Å². The van der Waals surface area contributed by atoms with E-state index in [0.717, 1.165) is 37.3 Å². The fourth-order valence-corrected chi connectivity index (χ4v) is 2.75. The van der Waals surface area contributed by atoms with Crippen LogP contribution >= 0.6 is 0 Å². The number of aromatic nitrogens is 1. The molecule has 0 radical (unpaired) electrons. The smallest absolute Gasteiger partial charge is 0.256 e. The zero-order valence-electron chi connectivity index (χ0n) is 11.7. The molecule has 0 spiro atoms. The SMILES string of the molecule is Cc1[nH]c2cc(F)ccc2c1C(=O)N1CCN(C)CC1. The number of amides is 1. The first-order valence-corrected chi connectivity index (χ1v) is 6.82. The zero-order valence-corrected chi connectivity index (χ0v) is 11.7. The number of benzene rings is 1. The number of nitrogens with zero attached hydrogens (tertiary/aromatic N) is 2. The lowest BCUT2D eigenvalue weighted by Crippen LogP contribution is -2.47. The van der Waals surface area contributed by atoms with Crippen molar-refractivity contribution in [3.63, 3.8) is 0 Å². The van der Waals surface area contributed by atoms with Crippen molar-refractivity contribution in [2.75, 3.05) is 33.2 Å². The minimum absolute atomic E-state index is 0.0356. The van der Waals surface area contributed by atoms with Crippen LogP contribution in [0.3, 0.4) is 0 Å². The molecule has 0 aliphatic carbocycles. The predicted octanol–water partition coefficient (Wildman–Crippen LogP) is 2.00. The second-order valence-electron chi connectivity index (χ2n) is 5.41. The van der Waals surface area contributed by atoms with Gasteiger partial charge in [-0.2, -0.15) is 0 Å². The third-order valence-electron chi connectivity index (χ3n) is 3.95. The minimum Gasteiger partial charge on any atom is -0.358 e. The third-order valence-corrected chi connectivity index (χ3v) is 3.95. The maximum Gasteiger partial charge on any atom is 0.256 e. The van der Waals surface area contributed by atoms with Crippen molar-refractivity contribution in [3.05, 3.63) is 35.3 Å². The van der Waals surface area contributed by atoms with Gasteiger partial charge in [0.2, 0.25) is 0 Å². The Hall–Kier alpha value is -1.88. The number of aromatic amines is 1. The van der Waals surface area contributed by atoms with Crippen LogP contribution in [0.5, 0.6) is 0 Å². The van der Waals surface area contributed by atoms with Gasteiger partial charge in [0.15, 0.2) is 0 Å². The summed E-state index contributed by atoms with van der Waals surface area (Å²) in [5, 5.41) is 0.799. The van der Waals surface area contributed by atoms with Gasteiger partial charge in [-0.05, 0) is 32.2 Å². The van der Waals surface area contributed by atoms with Crippen molar-refractivity contribution in [2.45, 2.75) is 6.92 Å². The first kappa shape index (κ1) is 13.1. The molecule has 0 saturated carbocycles. The van der Waals surface area contributed by atoms with Gasteiger partial charge in [-0.3, -0.25) is 4.79 Å². The number of carbonyl (C=O) groups excluding carboxylic acids is 1. The van der Waals surface area contributed by atoms with Gasteiger partial charge in [-0.25, -0.2) is 4.39 Å². The second-order valence-corrected chi connectivity index (χ2v) is 5.41. The van der Waals surface area contributed by atoms with E-state index < -0.39 is 0 Å². The van der Waals surface area contributed by atoms with Crippen LogP contribution in [0, 0.1) is 12.7 Å². The average molecular weight is 275 g/mol. The molecule has 5 heteroatoms. The molecule has 0 atom stereocenters. The number of hydrogen-bond donors (Lipinski definition) is 1. The van der Waals surface area contributed by atoms with Crippen LogP contribution < -0.4 is 0 Å².